The van der Waals surface area contributed by atoms with E-state index in [0.717, 1.165) is 6.42 Å². The number of halogens is 1. The van der Waals surface area contributed by atoms with E-state index in [9.17, 15) is 14.6 Å². The Labute approximate surface area is 124 Å². The first-order valence-electron chi connectivity index (χ1n) is 7.61. The van der Waals surface area contributed by atoms with E-state index >= 15 is 0 Å². The Bertz CT molecular complexity index is 486. The van der Waals surface area contributed by atoms with Crippen molar-refractivity contribution < 1.29 is 14.6 Å². The number of nitrogens with zero attached hydrogens (tertiary/aromatic N) is 3. The largest absolute Gasteiger partial charge is 0.396 e. The lowest BCUT2D eigenvalue weighted by Gasteiger charge is -2.45. The minimum atomic E-state index is -0.600. The van der Waals surface area contributed by atoms with Gasteiger partial charge in [0.05, 0.1) is 18.4 Å². The van der Waals surface area contributed by atoms with Gasteiger partial charge in [0.15, 0.2) is 11.6 Å². The molecule has 0 aliphatic carbocycles. The Morgan fingerprint density at radius 3 is 2.81 bits per heavy atom. The second kappa shape index (κ2) is 6.66. The van der Waals surface area contributed by atoms with Crippen LogP contribution >= 0.6 is 0 Å². The number of aryl methyl sites for hydroxylation is 1. The van der Waals surface area contributed by atoms with Gasteiger partial charge in [0, 0.05) is 18.5 Å². The molecule has 0 radical (unpaired) electrons. The van der Waals surface area contributed by atoms with Crippen LogP contribution in [0, 0.1) is 11.2 Å². The Morgan fingerprint density at radius 1 is 1.43 bits per heavy atom. The van der Waals surface area contributed by atoms with Crippen molar-refractivity contribution in [2.75, 3.05) is 24.6 Å². The summed E-state index contributed by atoms with van der Waals surface area (Å²) in [6, 6.07) is 0. The van der Waals surface area contributed by atoms with Crippen molar-refractivity contribution in [2.45, 2.75) is 45.6 Å². The molecule has 1 aromatic heterocycles. The summed E-state index contributed by atoms with van der Waals surface area (Å²) in [7, 11) is 0. The standard InChI is InChI=1S/C15H24FN3O2/c1-3-6-15(9-20)8-19(7-5-12(15)21)14-13(16)11(4-2)17-10-18-14/h10,12,20-21H,3-9H2,1-2H3/t12-,15-/m0/s1. The lowest BCUT2D eigenvalue weighted by molar-refractivity contribution is -0.0354. The van der Waals surface area contributed by atoms with Crippen LogP contribution in [0.3, 0.4) is 0 Å². The minimum absolute atomic E-state index is 0.105. The van der Waals surface area contributed by atoms with Crippen LogP contribution in [0.1, 0.15) is 38.8 Å². The maximum atomic E-state index is 14.4. The van der Waals surface area contributed by atoms with Crippen molar-refractivity contribution in [3.63, 3.8) is 0 Å². The van der Waals surface area contributed by atoms with E-state index in [1.54, 1.807) is 0 Å². The van der Waals surface area contributed by atoms with Gasteiger partial charge < -0.3 is 15.1 Å². The van der Waals surface area contributed by atoms with Crippen LogP contribution in [0.4, 0.5) is 10.2 Å². The average Bonchev–Trinajstić information content (AvgIpc) is 2.50. The number of anilines is 1. The SMILES string of the molecule is CCC[C@@]1(CO)CN(c2ncnc(CC)c2F)CC[C@@H]1O. The van der Waals surface area contributed by atoms with Crippen molar-refractivity contribution in [2.24, 2.45) is 5.41 Å². The fourth-order valence-corrected chi connectivity index (χ4v) is 3.17. The second-order valence-electron chi connectivity index (χ2n) is 5.81. The molecular weight excluding hydrogens is 273 g/mol. The molecule has 2 rings (SSSR count). The van der Waals surface area contributed by atoms with E-state index in [4.69, 9.17) is 0 Å². The van der Waals surface area contributed by atoms with Gasteiger partial charge in [0.1, 0.15) is 6.33 Å². The number of aliphatic hydroxyl groups is 2. The van der Waals surface area contributed by atoms with Crippen LogP contribution in [-0.4, -0.2) is 46.0 Å². The topological polar surface area (TPSA) is 69.5 Å². The van der Waals surface area contributed by atoms with Crippen LogP contribution in [0.5, 0.6) is 0 Å². The van der Waals surface area contributed by atoms with Crippen LogP contribution in [0.2, 0.25) is 0 Å². The number of piperidine rings is 1. The van der Waals surface area contributed by atoms with E-state index < -0.39 is 11.5 Å². The van der Waals surface area contributed by atoms with Gasteiger partial charge >= 0.3 is 0 Å². The summed E-state index contributed by atoms with van der Waals surface area (Å²) < 4.78 is 14.4. The zero-order chi connectivity index (χ0) is 15.5. The summed E-state index contributed by atoms with van der Waals surface area (Å²) in [6.07, 6.45) is 3.40. The van der Waals surface area contributed by atoms with Crippen LogP contribution in [-0.2, 0) is 6.42 Å². The number of rotatable bonds is 5. The Morgan fingerprint density at radius 2 is 2.19 bits per heavy atom. The molecule has 0 unspecified atom stereocenters. The van der Waals surface area contributed by atoms with Gasteiger partial charge in [-0.1, -0.05) is 20.3 Å². The summed E-state index contributed by atoms with van der Waals surface area (Å²) in [5, 5.41) is 20.0. The van der Waals surface area contributed by atoms with Crippen LogP contribution in [0.25, 0.3) is 0 Å². The van der Waals surface area contributed by atoms with Crippen molar-refractivity contribution in [1.29, 1.82) is 0 Å². The third-order valence-electron chi connectivity index (χ3n) is 4.43. The Kier molecular flexibility index (Phi) is 5.11. The molecule has 1 aliphatic heterocycles. The molecule has 5 nitrogen and oxygen atoms in total. The number of hydrogen-bond acceptors (Lipinski definition) is 5. The minimum Gasteiger partial charge on any atom is -0.396 e. The molecule has 0 saturated carbocycles. The average molecular weight is 297 g/mol. The summed E-state index contributed by atoms with van der Waals surface area (Å²) in [5.74, 6) is -0.109. The van der Waals surface area contributed by atoms with E-state index in [1.807, 2.05) is 18.7 Å². The van der Waals surface area contributed by atoms with Gasteiger partial charge in [-0.05, 0) is 19.3 Å². The first-order chi connectivity index (χ1) is 10.1. The van der Waals surface area contributed by atoms with Crippen molar-refractivity contribution in [3.8, 4) is 0 Å². The molecule has 0 bridgehead atoms. The third-order valence-corrected chi connectivity index (χ3v) is 4.43. The molecule has 0 aromatic carbocycles. The fraction of sp³-hybridized carbons (Fsp3) is 0.733. The molecule has 1 aliphatic rings. The van der Waals surface area contributed by atoms with Gasteiger partial charge in [-0.2, -0.15) is 0 Å². The highest BCUT2D eigenvalue weighted by atomic mass is 19.1. The van der Waals surface area contributed by atoms with Gasteiger partial charge in [-0.25, -0.2) is 14.4 Å². The maximum Gasteiger partial charge on any atom is 0.187 e. The predicted molar refractivity (Wildman–Crippen MR) is 78.6 cm³/mol. The lowest BCUT2D eigenvalue weighted by Crippen LogP contribution is -2.54. The molecule has 0 spiro atoms. The predicted octanol–water partition coefficient (Wildman–Crippen LogP) is 1.53. The van der Waals surface area contributed by atoms with Gasteiger partial charge in [0.25, 0.3) is 0 Å². The first kappa shape index (κ1) is 16.1. The van der Waals surface area contributed by atoms with E-state index in [1.165, 1.54) is 6.33 Å². The highest BCUT2D eigenvalue weighted by Gasteiger charge is 2.42. The first-order valence-corrected chi connectivity index (χ1v) is 7.61. The molecule has 118 valence electrons. The molecular formula is C15H24FN3O2. The smallest absolute Gasteiger partial charge is 0.187 e. The molecule has 21 heavy (non-hydrogen) atoms. The fourth-order valence-electron chi connectivity index (χ4n) is 3.17. The third kappa shape index (κ3) is 3.01. The molecule has 0 amide bonds. The van der Waals surface area contributed by atoms with Crippen molar-refractivity contribution >= 4 is 5.82 Å². The molecule has 6 heteroatoms. The van der Waals surface area contributed by atoms with Gasteiger partial charge in [0.2, 0.25) is 0 Å². The van der Waals surface area contributed by atoms with Crippen molar-refractivity contribution in [1.82, 2.24) is 9.97 Å². The zero-order valence-electron chi connectivity index (χ0n) is 12.7. The Hall–Kier alpha value is -1.27. The lowest BCUT2D eigenvalue weighted by atomic mass is 9.74. The normalized spacial score (nSPS) is 26.1. The highest BCUT2D eigenvalue weighted by Crippen LogP contribution is 2.36. The summed E-state index contributed by atoms with van der Waals surface area (Å²) >= 11 is 0. The number of aliphatic hydroxyl groups excluding tert-OH is 2. The highest BCUT2D eigenvalue weighted by molar-refractivity contribution is 5.42. The molecule has 1 aromatic rings. The van der Waals surface area contributed by atoms with E-state index in [2.05, 4.69) is 9.97 Å². The molecule has 2 atom stereocenters. The Balaban J connectivity index is 2.29. The van der Waals surface area contributed by atoms with E-state index in [-0.39, 0.29) is 18.2 Å². The monoisotopic (exact) mass is 297 g/mol. The summed E-state index contributed by atoms with van der Waals surface area (Å²) in [5.41, 5.74) is -0.201. The quantitative estimate of drug-likeness (QED) is 0.862. The summed E-state index contributed by atoms with van der Waals surface area (Å²) in [4.78, 5) is 9.85. The molecule has 1 saturated heterocycles. The van der Waals surface area contributed by atoms with Crippen molar-refractivity contribution in [3.05, 3.63) is 17.8 Å². The molecule has 1 fully saturated rings. The number of aromatic nitrogens is 2. The van der Waals surface area contributed by atoms with Crippen LogP contribution < -0.4 is 4.90 Å². The molecule has 2 heterocycles. The zero-order valence-corrected chi connectivity index (χ0v) is 12.7. The second-order valence-corrected chi connectivity index (χ2v) is 5.81. The van der Waals surface area contributed by atoms with Gasteiger partial charge in [-0.15, -0.1) is 0 Å². The number of hydrogen-bond donors (Lipinski definition) is 2. The molecule has 2 N–H and O–H groups in total. The van der Waals surface area contributed by atoms with E-state index in [0.29, 0.717) is 38.0 Å². The maximum absolute atomic E-state index is 14.4. The van der Waals surface area contributed by atoms with Gasteiger partial charge in [-0.3, -0.25) is 0 Å². The van der Waals surface area contributed by atoms with Crippen LogP contribution in [0.15, 0.2) is 6.33 Å². The summed E-state index contributed by atoms with van der Waals surface area (Å²) in [6.45, 7) is 4.71.